The third kappa shape index (κ3) is 4.15. The van der Waals surface area contributed by atoms with E-state index in [-0.39, 0.29) is 6.04 Å². The van der Waals surface area contributed by atoms with E-state index in [0.717, 1.165) is 25.9 Å². The lowest BCUT2D eigenvalue weighted by Gasteiger charge is -2.42. The summed E-state index contributed by atoms with van der Waals surface area (Å²) in [6.45, 7) is -0.419. The summed E-state index contributed by atoms with van der Waals surface area (Å²) < 4.78 is 42.5. The van der Waals surface area contributed by atoms with E-state index >= 15 is 0 Å². The van der Waals surface area contributed by atoms with Crippen LogP contribution in [0.15, 0.2) is 0 Å². The fourth-order valence-electron chi connectivity index (χ4n) is 2.73. The van der Waals surface area contributed by atoms with Gasteiger partial charge in [-0.05, 0) is 25.8 Å². The van der Waals surface area contributed by atoms with Crippen molar-refractivity contribution in [3.05, 3.63) is 0 Å². The molecule has 0 bridgehead atoms. The maximum atomic E-state index is 12.4. The summed E-state index contributed by atoms with van der Waals surface area (Å²) >= 11 is 0. The summed E-state index contributed by atoms with van der Waals surface area (Å²) in [6.07, 6.45) is 1.18. The lowest BCUT2D eigenvalue weighted by Crippen LogP contribution is -2.53. The minimum Gasteiger partial charge on any atom is -0.448 e. The summed E-state index contributed by atoms with van der Waals surface area (Å²) in [6, 6.07) is 0.283. The lowest BCUT2D eigenvalue weighted by atomic mass is 9.89. The van der Waals surface area contributed by atoms with Gasteiger partial charge in [0.15, 0.2) is 0 Å². The first-order valence-corrected chi connectivity index (χ1v) is 6.30. The van der Waals surface area contributed by atoms with Crippen LogP contribution in [0.1, 0.15) is 12.8 Å². The van der Waals surface area contributed by atoms with Gasteiger partial charge in [0, 0.05) is 25.7 Å². The summed E-state index contributed by atoms with van der Waals surface area (Å²) in [5.41, 5.74) is 0. The number of likely N-dealkylation sites (tertiary alicyclic amines) is 1. The molecule has 0 radical (unpaired) electrons. The van der Waals surface area contributed by atoms with Crippen molar-refractivity contribution in [1.82, 2.24) is 9.80 Å². The zero-order valence-corrected chi connectivity index (χ0v) is 9.96. The van der Waals surface area contributed by atoms with Gasteiger partial charge in [0.05, 0.1) is 13.2 Å². The van der Waals surface area contributed by atoms with Crippen LogP contribution in [0.2, 0.25) is 0 Å². The number of morpholine rings is 1. The number of halogens is 3. The van der Waals surface area contributed by atoms with Gasteiger partial charge in [0.2, 0.25) is 0 Å². The first-order valence-electron chi connectivity index (χ1n) is 6.30. The molecular formula is C10H19BF3N2O-. The Labute approximate surface area is 99.9 Å². The monoisotopic (exact) mass is 251 g/mol. The Kier molecular flexibility index (Phi) is 4.33. The number of hydrogen-bond acceptors (Lipinski definition) is 3. The van der Waals surface area contributed by atoms with Gasteiger partial charge >= 0.3 is 6.98 Å². The van der Waals surface area contributed by atoms with Gasteiger partial charge in [0.1, 0.15) is 0 Å². The van der Waals surface area contributed by atoms with Crippen molar-refractivity contribution >= 4 is 6.98 Å². The van der Waals surface area contributed by atoms with Gasteiger partial charge in [-0.2, -0.15) is 0 Å². The quantitative estimate of drug-likeness (QED) is 0.700. The molecule has 3 nitrogen and oxygen atoms in total. The smallest absolute Gasteiger partial charge is 0.448 e. The van der Waals surface area contributed by atoms with E-state index in [0.29, 0.717) is 26.3 Å². The van der Waals surface area contributed by atoms with Crippen LogP contribution in [0.4, 0.5) is 12.9 Å². The molecule has 7 heteroatoms. The van der Waals surface area contributed by atoms with E-state index in [2.05, 4.69) is 4.90 Å². The Balaban J connectivity index is 1.83. The van der Waals surface area contributed by atoms with Crippen molar-refractivity contribution < 1.29 is 17.7 Å². The molecule has 2 saturated heterocycles. The van der Waals surface area contributed by atoms with Crippen LogP contribution >= 0.6 is 0 Å². The van der Waals surface area contributed by atoms with Crippen molar-refractivity contribution in [2.24, 2.45) is 0 Å². The van der Waals surface area contributed by atoms with Gasteiger partial charge in [-0.25, -0.2) is 0 Å². The molecule has 1 atom stereocenters. The summed E-state index contributed by atoms with van der Waals surface area (Å²) in [4.78, 5) is 3.84. The molecule has 1 unspecified atom stereocenters. The molecule has 0 spiro atoms. The van der Waals surface area contributed by atoms with E-state index in [1.54, 1.807) is 4.90 Å². The highest BCUT2D eigenvalue weighted by molar-refractivity contribution is 6.58. The van der Waals surface area contributed by atoms with Crippen LogP contribution in [0, 0.1) is 0 Å². The number of rotatable bonds is 3. The minimum absolute atomic E-state index is 0.283. The van der Waals surface area contributed by atoms with Gasteiger partial charge in [-0.3, -0.25) is 4.90 Å². The van der Waals surface area contributed by atoms with Gasteiger partial charge in [-0.1, -0.05) is 0 Å². The van der Waals surface area contributed by atoms with Gasteiger partial charge in [-0.15, -0.1) is 0 Å². The molecule has 0 aromatic rings. The largest absolute Gasteiger partial charge is 0.492 e. The molecule has 2 heterocycles. The molecule has 0 aromatic carbocycles. The van der Waals surface area contributed by atoms with Crippen LogP contribution in [-0.2, 0) is 4.74 Å². The number of hydrogen-bond donors (Lipinski definition) is 0. The van der Waals surface area contributed by atoms with Crippen molar-refractivity contribution in [1.29, 1.82) is 0 Å². The average molecular weight is 251 g/mol. The fourth-order valence-corrected chi connectivity index (χ4v) is 2.73. The van der Waals surface area contributed by atoms with Crippen molar-refractivity contribution in [2.45, 2.75) is 18.9 Å². The zero-order valence-electron chi connectivity index (χ0n) is 9.96. The molecule has 2 rings (SSSR count). The standard InChI is InChI=1S/C10H19BF3N2O/c12-11(13,14)9-15-3-1-2-10(8-15)16-4-6-17-7-5-16/h10H,1-9H2/q-1. The molecule has 2 fully saturated rings. The van der Waals surface area contributed by atoms with E-state index < -0.39 is 13.4 Å². The first-order chi connectivity index (χ1) is 8.04. The molecule has 0 saturated carbocycles. The summed E-state index contributed by atoms with van der Waals surface area (Å²) in [7, 11) is 0. The van der Waals surface area contributed by atoms with Crippen molar-refractivity contribution in [3.63, 3.8) is 0 Å². The molecule has 0 aromatic heterocycles. The second-order valence-corrected chi connectivity index (χ2v) is 4.91. The normalized spacial score (nSPS) is 29.5. The second-order valence-electron chi connectivity index (χ2n) is 4.91. The number of ether oxygens (including phenoxy) is 1. The zero-order chi connectivity index (χ0) is 12.3. The summed E-state index contributed by atoms with van der Waals surface area (Å²) in [5.74, 6) is 0. The van der Waals surface area contributed by atoms with Crippen LogP contribution in [-0.4, -0.2) is 68.7 Å². The van der Waals surface area contributed by atoms with E-state index in [1.165, 1.54) is 0 Å². The Morgan fingerprint density at radius 1 is 1.12 bits per heavy atom. The molecule has 0 N–H and O–H groups in total. The predicted octanol–water partition coefficient (Wildman–Crippen LogP) is 1.17. The van der Waals surface area contributed by atoms with Crippen LogP contribution in [0.25, 0.3) is 0 Å². The van der Waals surface area contributed by atoms with Crippen molar-refractivity contribution in [3.8, 4) is 0 Å². The van der Waals surface area contributed by atoms with Gasteiger partial charge in [0.25, 0.3) is 0 Å². The summed E-state index contributed by atoms with van der Waals surface area (Å²) in [5, 5.41) is 0. The number of nitrogens with zero attached hydrogens (tertiary/aromatic N) is 2. The third-order valence-corrected chi connectivity index (χ3v) is 3.51. The predicted molar refractivity (Wildman–Crippen MR) is 60.9 cm³/mol. The van der Waals surface area contributed by atoms with Crippen LogP contribution in [0.3, 0.4) is 0 Å². The third-order valence-electron chi connectivity index (χ3n) is 3.51. The Hall–Kier alpha value is -0.265. The molecule has 0 aliphatic carbocycles. The molecule has 17 heavy (non-hydrogen) atoms. The van der Waals surface area contributed by atoms with E-state index in [9.17, 15) is 12.9 Å². The van der Waals surface area contributed by atoms with Crippen LogP contribution in [0.5, 0.6) is 0 Å². The second kappa shape index (κ2) is 5.58. The minimum atomic E-state index is -4.69. The average Bonchev–Trinajstić information content (AvgIpc) is 2.28. The highest BCUT2D eigenvalue weighted by Gasteiger charge is 2.31. The highest BCUT2D eigenvalue weighted by Crippen LogP contribution is 2.20. The molecule has 2 aliphatic heterocycles. The molecule has 2 aliphatic rings. The molecule has 100 valence electrons. The number of piperidine rings is 1. The highest BCUT2D eigenvalue weighted by atomic mass is 19.4. The molecular weight excluding hydrogens is 232 g/mol. The van der Waals surface area contributed by atoms with Crippen molar-refractivity contribution in [2.75, 3.05) is 45.8 Å². The SMILES string of the molecule is F[B-](F)(F)CN1CCCC(N2CCOCC2)C1. The topological polar surface area (TPSA) is 15.7 Å². The van der Waals surface area contributed by atoms with E-state index in [1.807, 2.05) is 0 Å². The van der Waals surface area contributed by atoms with Crippen LogP contribution < -0.4 is 0 Å². The Bertz CT molecular complexity index is 246. The molecule has 0 amide bonds. The first kappa shape index (κ1) is 13.2. The fraction of sp³-hybridized carbons (Fsp3) is 1.00. The van der Waals surface area contributed by atoms with Gasteiger partial charge < -0.3 is 22.6 Å². The van der Waals surface area contributed by atoms with E-state index in [4.69, 9.17) is 4.74 Å². The Morgan fingerprint density at radius 2 is 1.82 bits per heavy atom. The maximum absolute atomic E-state index is 12.4. The Morgan fingerprint density at radius 3 is 2.47 bits per heavy atom. The lowest BCUT2D eigenvalue weighted by molar-refractivity contribution is -0.00140. The maximum Gasteiger partial charge on any atom is 0.492 e.